The van der Waals surface area contributed by atoms with Gasteiger partial charge in [-0.15, -0.1) is 11.8 Å². The third-order valence-corrected chi connectivity index (χ3v) is 5.11. The molecule has 0 saturated heterocycles. The van der Waals surface area contributed by atoms with Crippen molar-refractivity contribution in [2.75, 3.05) is 11.1 Å². The van der Waals surface area contributed by atoms with E-state index in [0.717, 1.165) is 24.1 Å². The Morgan fingerprint density at radius 3 is 2.65 bits per heavy atom. The van der Waals surface area contributed by atoms with Crippen molar-refractivity contribution in [3.63, 3.8) is 0 Å². The lowest BCUT2D eigenvalue weighted by Crippen LogP contribution is -2.15. The van der Waals surface area contributed by atoms with Crippen LogP contribution in [-0.4, -0.2) is 32.5 Å². The second-order valence-corrected chi connectivity index (χ2v) is 7.11. The number of anilines is 1. The fraction of sp³-hybridized carbons (Fsp3) is 0.421. The summed E-state index contributed by atoms with van der Waals surface area (Å²) in [5.74, 6) is -0.433. The zero-order valence-corrected chi connectivity index (χ0v) is 16.2. The summed E-state index contributed by atoms with van der Waals surface area (Å²) in [6.45, 7) is 6.19. The average molecular weight is 375 g/mol. The van der Waals surface area contributed by atoms with Crippen molar-refractivity contribution in [3.8, 4) is 0 Å². The molecule has 0 radical (unpaired) electrons. The summed E-state index contributed by atoms with van der Waals surface area (Å²) in [7, 11) is 0. The van der Waals surface area contributed by atoms with Gasteiger partial charge in [0.05, 0.1) is 11.8 Å². The largest absolute Gasteiger partial charge is 0.481 e. The Morgan fingerprint density at radius 2 is 2.00 bits per heavy atom. The molecule has 140 valence electrons. The summed E-state index contributed by atoms with van der Waals surface area (Å²) in [6, 6.07) is 9.54. The number of nitrogens with zero attached hydrogens (tertiary/aromatic N) is 2. The predicted molar refractivity (Wildman–Crippen MR) is 105 cm³/mol. The van der Waals surface area contributed by atoms with Crippen LogP contribution in [0.3, 0.4) is 0 Å². The SMILES string of the molecule is CCC(CC)n1nc(C(=O)Nc2cccc(CSCC(=O)O)c2)cc1C. The van der Waals surface area contributed by atoms with E-state index in [4.69, 9.17) is 5.11 Å². The van der Waals surface area contributed by atoms with Crippen molar-refractivity contribution in [1.82, 2.24) is 9.78 Å². The number of carboxylic acids is 1. The molecule has 2 rings (SSSR count). The van der Waals surface area contributed by atoms with Crippen LogP contribution in [0.2, 0.25) is 0 Å². The quantitative estimate of drug-likeness (QED) is 0.689. The number of carboxylic acid groups (broad SMARTS) is 1. The molecule has 2 N–H and O–H groups in total. The van der Waals surface area contributed by atoms with E-state index in [1.54, 1.807) is 6.07 Å². The van der Waals surface area contributed by atoms with Crippen LogP contribution < -0.4 is 5.32 Å². The second-order valence-electron chi connectivity index (χ2n) is 6.13. The molecule has 0 unspecified atom stereocenters. The number of aromatic nitrogens is 2. The van der Waals surface area contributed by atoms with Gasteiger partial charge < -0.3 is 10.4 Å². The number of benzene rings is 1. The van der Waals surface area contributed by atoms with E-state index >= 15 is 0 Å². The molecule has 1 amide bonds. The molecule has 0 fully saturated rings. The third kappa shape index (κ3) is 5.36. The van der Waals surface area contributed by atoms with E-state index in [9.17, 15) is 9.59 Å². The number of carbonyl (C=O) groups is 2. The zero-order chi connectivity index (χ0) is 19.1. The summed E-state index contributed by atoms with van der Waals surface area (Å²) in [6.07, 6.45) is 1.94. The van der Waals surface area contributed by atoms with Gasteiger partial charge in [0.15, 0.2) is 5.69 Å². The first-order chi connectivity index (χ1) is 12.4. The minimum absolute atomic E-state index is 0.0589. The van der Waals surface area contributed by atoms with Crippen LogP contribution in [0, 0.1) is 6.92 Å². The topological polar surface area (TPSA) is 84.2 Å². The number of aryl methyl sites for hydroxylation is 1. The molecule has 1 heterocycles. The van der Waals surface area contributed by atoms with E-state index in [2.05, 4.69) is 24.3 Å². The number of nitrogens with one attached hydrogen (secondary N) is 1. The Balaban J connectivity index is 2.05. The van der Waals surface area contributed by atoms with Gasteiger partial charge >= 0.3 is 5.97 Å². The molecular weight excluding hydrogens is 350 g/mol. The van der Waals surface area contributed by atoms with E-state index in [-0.39, 0.29) is 11.7 Å². The summed E-state index contributed by atoms with van der Waals surface area (Å²) in [4.78, 5) is 23.1. The molecule has 6 nitrogen and oxygen atoms in total. The highest BCUT2D eigenvalue weighted by Crippen LogP contribution is 2.20. The summed E-state index contributed by atoms with van der Waals surface area (Å²) >= 11 is 1.32. The third-order valence-electron chi connectivity index (χ3n) is 4.12. The van der Waals surface area contributed by atoms with Crippen molar-refractivity contribution >= 4 is 29.3 Å². The molecule has 1 aromatic heterocycles. The maximum atomic E-state index is 12.5. The first-order valence-corrected chi connectivity index (χ1v) is 9.86. The van der Waals surface area contributed by atoms with Gasteiger partial charge in [-0.1, -0.05) is 26.0 Å². The number of thioether (sulfide) groups is 1. The molecule has 1 aromatic carbocycles. The van der Waals surface area contributed by atoms with Crippen LogP contribution in [0.15, 0.2) is 30.3 Å². The van der Waals surface area contributed by atoms with Crippen molar-refractivity contribution in [2.45, 2.75) is 45.4 Å². The Kier molecular flexibility index (Phi) is 7.26. The van der Waals surface area contributed by atoms with Gasteiger partial charge in [-0.3, -0.25) is 14.3 Å². The molecule has 0 atom stereocenters. The molecule has 0 aliphatic heterocycles. The normalized spacial score (nSPS) is 10.9. The molecule has 0 saturated carbocycles. The molecule has 26 heavy (non-hydrogen) atoms. The van der Waals surface area contributed by atoms with Gasteiger partial charge in [-0.25, -0.2) is 0 Å². The number of rotatable bonds is 9. The predicted octanol–water partition coefficient (Wildman–Crippen LogP) is 4.12. The van der Waals surface area contributed by atoms with E-state index in [1.807, 2.05) is 35.9 Å². The van der Waals surface area contributed by atoms with E-state index in [1.165, 1.54) is 11.8 Å². The van der Waals surface area contributed by atoms with Crippen molar-refractivity contribution in [3.05, 3.63) is 47.3 Å². The summed E-state index contributed by atoms with van der Waals surface area (Å²) < 4.78 is 1.92. The Bertz CT molecular complexity index is 769. The zero-order valence-electron chi connectivity index (χ0n) is 15.4. The number of aliphatic carboxylic acids is 1. The first-order valence-electron chi connectivity index (χ1n) is 8.70. The highest BCUT2D eigenvalue weighted by molar-refractivity contribution is 7.99. The van der Waals surface area contributed by atoms with Crippen LogP contribution in [0.5, 0.6) is 0 Å². The van der Waals surface area contributed by atoms with Crippen LogP contribution in [-0.2, 0) is 10.5 Å². The fourth-order valence-electron chi connectivity index (χ4n) is 2.79. The maximum Gasteiger partial charge on any atom is 0.313 e. The lowest BCUT2D eigenvalue weighted by molar-refractivity contribution is -0.133. The van der Waals surface area contributed by atoms with Crippen molar-refractivity contribution in [2.24, 2.45) is 0 Å². The lowest BCUT2D eigenvalue weighted by Gasteiger charge is -2.14. The Labute approximate surface area is 158 Å². The van der Waals surface area contributed by atoms with Gasteiger partial charge in [-0.2, -0.15) is 5.10 Å². The smallest absolute Gasteiger partial charge is 0.313 e. The molecule has 0 bridgehead atoms. The van der Waals surface area contributed by atoms with E-state index in [0.29, 0.717) is 23.2 Å². The molecule has 2 aromatic rings. The van der Waals surface area contributed by atoms with E-state index < -0.39 is 5.97 Å². The minimum Gasteiger partial charge on any atom is -0.481 e. The number of carbonyl (C=O) groups excluding carboxylic acids is 1. The van der Waals surface area contributed by atoms with Gasteiger partial charge in [0, 0.05) is 17.1 Å². The molecule has 0 aliphatic carbocycles. The van der Waals surface area contributed by atoms with Crippen molar-refractivity contribution < 1.29 is 14.7 Å². The minimum atomic E-state index is -0.831. The van der Waals surface area contributed by atoms with Crippen LogP contribution in [0.25, 0.3) is 0 Å². The highest BCUT2D eigenvalue weighted by Gasteiger charge is 2.16. The molecule has 0 aliphatic rings. The fourth-order valence-corrected chi connectivity index (χ4v) is 3.49. The Morgan fingerprint density at radius 1 is 1.27 bits per heavy atom. The summed E-state index contributed by atoms with van der Waals surface area (Å²) in [5.41, 5.74) is 3.02. The van der Waals surface area contributed by atoms with Gasteiger partial charge in [0.25, 0.3) is 5.91 Å². The maximum absolute atomic E-state index is 12.5. The monoisotopic (exact) mass is 375 g/mol. The average Bonchev–Trinajstić information content (AvgIpc) is 2.98. The van der Waals surface area contributed by atoms with Crippen LogP contribution in [0.4, 0.5) is 5.69 Å². The number of hydrogen-bond acceptors (Lipinski definition) is 4. The standard InChI is InChI=1S/C19H25N3O3S/c1-4-16(5-2)22-13(3)9-17(21-22)19(25)20-15-8-6-7-14(10-15)11-26-12-18(23)24/h6-10,16H,4-5,11-12H2,1-3H3,(H,20,25)(H,23,24). The summed E-state index contributed by atoms with van der Waals surface area (Å²) in [5, 5.41) is 16.1. The number of amides is 1. The van der Waals surface area contributed by atoms with Gasteiger partial charge in [0.2, 0.25) is 0 Å². The number of hydrogen-bond donors (Lipinski definition) is 2. The molecular formula is C19H25N3O3S. The van der Waals surface area contributed by atoms with Gasteiger partial charge in [-0.05, 0) is 43.5 Å². The first kappa shape index (κ1) is 20.0. The lowest BCUT2D eigenvalue weighted by atomic mass is 10.2. The Hall–Kier alpha value is -2.28. The van der Waals surface area contributed by atoms with Crippen LogP contribution >= 0.6 is 11.8 Å². The van der Waals surface area contributed by atoms with Crippen molar-refractivity contribution in [1.29, 1.82) is 0 Å². The molecule has 7 heteroatoms. The second kappa shape index (κ2) is 9.43. The highest BCUT2D eigenvalue weighted by atomic mass is 32.2. The molecule has 0 spiro atoms. The van der Waals surface area contributed by atoms with Crippen LogP contribution in [0.1, 0.15) is 54.5 Å². The van der Waals surface area contributed by atoms with Gasteiger partial charge in [0.1, 0.15) is 0 Å².